The molecule has 1 atom stereocenters. The van der Waals surface area contributed by atoms with Crippen molar-refractivity contribution in [3.63, 3.8) is 0 Å². The number of piperidine rings is 1. The van der Waals surface area contributed by atoms with Crippen LogP contribution in [0.5, 0.6) is 11.5 Å². The number of aryl methyl sites for hydroxylation is 1. The van der Waals surface area contributed by atoms with Crippen molar-refractivity contribution in [2.45, 2.75) is 31.1 Å². The minimum atomic E-state index is -3.75. The van der Waals surface area contributed by atoms with Crippen LogP contribution in [-0.2, 0) is 21.2 Å². The van der Waals surface area contributed by atoms with Gasteiger partial charge in [0, 0.05) is 24.8 Å². The summed E-state index contributed by atoms with van der Waals surface area (Å²) in [5.41, 5.74) is 1.91. The molecule has 0 aromatic heterocycles. The first-order valence-electron chi connectivity index (χ1n) is 10.0. The number of anilines is 1. The van der Waals surface area contributed by atoms with Gasteiger partial charge in [-0.05, 0) is 49.1 Å². The van der Waals surface area contributed by atoms with Crippen LogP contribution in [0.4, 0.5) is 5.69 Å². The quantitative estimate of drug-likeness (QED) is 0.726. The minimum Gasteiger partial charge on any atom is -0.493 e. The second-order valence-corrected chi connectivity index (χ2v) is 9.20. The molecule has 162 valence electrons. The summed E-state index contributed by atoms with van der Waals surface area (Å²) in [6.45, 7) is 2.60. The summed E-state index contributed by atoms with van der Waals surface area (Å²) in [7, 11) is -0.794. The molecule has 1 heterocycles. The van der Waals surface area contributed by atoms with E-state index in [1.54, 1.807) is 6.07 Å². The highest BCUT2D eigenvalue weighted by atomic mass is 32.2. The minimum absolute atomic E-state index is 0.122. The molecule has 7 nitrogen and oxygen atoms in total. The lowest BCUT2D eigenvalue weighted by atomic mass is 9.98. The zero-order valence-corrected chi connectivity index (χ0v) is 18.4. The maximum atomic E-state index is 13.1. The van der Waals surface area contributed by atoms with Crippen molar-refractivity contribution in [1.82, 2.24) is 4.31 Å². The standard InChI is InChI=1S/C22H28N2O5S/c1-4-16-7-9-18(10-8-16)23-22(25)17-6-5-13-24(15-17)30(26,27)19-11-12-20(28-2)21(14-19)29-3/h7-12,14,17H,4-6,13,15H2,1-3H3,(H,23,25). The number of benzene rings is 2. The first kappa shape index (κ1) is 22.1. The van der Waals surface area contributed by atoms with E-state index in [-0.39, 0.29) is 17.3 Å². The zero-order chi connectivity index (χ0) is 21.7. The third-order valence-electron chi connectivity index (χ3n) is 5.38. The molecule has 1 amide bonds. The third-order valence-corrected chi connectivity index (χ3v) is 7.24. The Morgan fingerprint density at radius 3 is 2.43 bits per heavy atom. The molecule has 1 unspecified atom stereocenters. The number of nitrogens with zero attached hydrogens (tertiary/aromatic N) is 1. The van der Waals surface area contributed by atoms with E-state index >= 15 is 0 Å². The Hall–Kier alpha value is -2.58. The maximum absolute atomic E-state index is 13.1. The van der Waals surface area contributed by atoms with E-state index in [0.29, 0.717) is 30.9 Å². The monoisotopic (exact) mass is 432 g/mol. The number of nitrogens with one attached hydrogen (secondary N) is 1. The molecular weight excluding hydrogens is 404 g/mol. The highest BCUT2D eigenvalue weighted by Gasteiger charge is 2.33. The van der Waals surface area contributed by atoms with Gasteiger partial charge in [-0.1, -0.05) is 19.1 Å². The molecule has 0 bridgehead atoms. The summed E-state index contributed by atoms with van der Waals surface area (Å²) < 4.78 is 38.1. The largest absolute Gasteiger partial charge is 0.493 e. The summed E-state index contributed by atoms with van der Waals surface area (Å²) in [6.07, 6.45) is 2.20. The second-order valence-electron chi connectivity index (χ2n) is 7.26. The van der Waals surface area contributed by atoms with E-state index in [1.165, 1.54) is 36.2 Å². The Morgan fingerprint density at radius 2 is 1.80 bits per heavy atom. The van der Waals surface area contributed by atoms with Gasteiger partial charge in [0.15, 0.2) is 11.5 Å². The number of ether oxygens (including phenoxy) is 2. The van der Waals surface area contributed by atoms with Crippen LogP contribution in [0.25, 0.3) is 0 Å². The van der Waals surface area contributed by atoms with Crippen LogP contribution in [0.15, 0.2) is 47.4 Å². The third kappa shape index (κ3) is 4.76. The molecule has 1 saturated heterocycles. The Morgan fingerprint density at radius 1 is 1.10 bits per heavy atom. The van der Waals surface area contributed by atoms with Crippen molar-refractivity contribution in [1.29, 1.82) is 0 Å². The summed E-state index contributed by atoms with van der Waals surface area (Å²) in [5.74, 6) is 0.243. The van der Waals surface area contributed by atoms with Crippen LogP contribution in [0, 0.1) is 5.92 Å². The molecule has 2 aromatic rings. The summed E-state index contributed by atoms with van der Waals surface area (Å²) in [4.78, 5) is 12.9. The molecule has 0 radical (unpaired) electrons. The van der Waals surface area contributed by atoms with Gasteiger partial charge in [-0.25, -0.2) is 8.42 Å². The first-order valence-corrected chi connectivity index (χ1v) is 11.4. The van der Waals surface area contributed by atoms with Crippen molar-refractivity contribution in [3.05, 3.63) is 48.0 Å². The molecule has 8 heteroatoms. The Balaban J connectivity index is 1.73. The fourth-order valence-electron chi connectivity index (χ4n) is 3.57. The molecule has 1 N–H and O–H groups in total. The molecule has 3 rings (SSSR count). The van der Waals surface area contributed by atoms with Gasteiger partial charge in [-0.3, -0.25) is 4.79 Å². The van der Waals surface area contributed by atoms with Gasteiger partial charge < -0.3 is 14.8 Å². The lowest BCUT2D eigenvalue weighted by Gasteiger charge is -2.31. The SMILES string of the molecule is CCc1ccc(NC(=O)C2CCCN(S(=O)(=O)c3ccc(OC)c(OC)c3)C2)cc1. The second kappa shape index (κ2) is 9.49. The maximum Gasteiger partial charge on any atom is 0.243 e. The van der Waals surface area contributed by atoms with Crippen LogP contribution in [0.2, 0.25) is 0 Å². The lowest BCUT2D eigenvalue weighted by molar-refractivity contribution is -0.120. The molecule has 1 aliphatic rings. The lowest BCUT2D eigenvalue weighted by Crippen LogP contribution is -2.43. The van der Waals surface area contributed by atoms with E-state index in [0.717, 1.165) is 12.1 Å². The Labute approximate surface area is 178 Å². The van der Waals surface area contributed by atoms with Crippen molar-refractivity contribution < 1.29 is 22.7 Å². The van der Waals surface area contributed by atoms with Gasteiger partial charge in [-0.15, -0.1) is 0 Å². The molecule has 0 spiro atoms. The number of carbonyl (C=O) groups excluding carboxylic acids is 1. The van der Waals surface area contributed by atoms with E-state index in [1.807, 2.05) is 24.3 Å². The van der Waals surface area contributed by atoms with Gasteiger partial charge in [-0.2, -0.15) is 4.31 Å². The Kier molecular flexibility index (Phi) is 6.99. The molecular formula is C22H28N2O5S. The van der Waals surface area contributed by atoms with Crippen LogP contribution < -0.4 is 14.8 Å². The number of sulfonamides is 1. The summed E-state index contributed by atoms with van der Waals surface area (Å²) in [6, 6.07) is 12.2. The normalized spacial score (nSPS) is 17.4. The van der Waals surface area contributed by atoms with Crippen LogP contribution in [0.1, 0.15) is 25.3 Å². The molecule has 1 fully saturated rings. The van der Waals surface area contributed by atoms with Gasteiger partial charge in [0.25, 0.3) is 0 Å². The first-order chi connectivity index (χ1) is 14.4. The summed E-state index contributed by atoms with van der Waals surface area (Å²) >= 11 is 0. The van der Waals surface area contributed by atoms with Crippen LogP contribution >= 0.6 is 0 Å². The molecule has 2 aromatic carbocycles. The number of hydrogen-bond acceptors (Lipinski definition) is 5. The molecule has 30 heavy (non-hydrogen) atoms. The van der Waals surface area contributed by atoms with Gasteiger partial charge in [0.05, 0.1) is 25.0 Å². The Bertz CT molecular complexity index is 989. The van der Waals surface area contributed by atoms with Crippen molar-refractivity contribution in [3.8, 4) is 11.5 Å². The predicted octanol–water partition coefficient (Wildman–Crippen LogP) is 3.31. The van der Waals surface area contributed by atoms with Gasteiger partial charge in [0.1, 0.15) is 0 Å². The highest BCUT2D eigenvalue weighted by Crippen LogP contribution is 2.32. The molecule has 1 aliphatic heterocycles. The average molecular weight is 433 g/mol. The molecule has 0 aliphatic carbocycles. The number of rotatable bonds is 7. The fraction of sp³-hybridized carbons (Fsp3) is 0.409. The van der Waals surface area contributed by atoms with E-state index in [9.17, 15) is 13.2 Å². The van der Waals surface area contributed by atoms with Crippen molar-refractivity contribution >= 4 is 21.6 Å². The van der Waals surface area contributed by atoms with Crippen LogP contribution in [0.3, 0.4) is 0 Å². The number of amides is 1. The van der Waals surface area contributed by atoms with E-state index in [2.05, 4.69) is 12.2 Å². The number of hydrogen-bond donors (Lipinski definition) is 1. The highest BCUT2D eigenvalue weighted by molar-refractivity contribution is 7.89. The number of methoxy groups -OCH3 is 2. The predicted molar refractivity (Wildman–Crippen MR) is 115 cm³/mol. The van der Waals surface area contributed by atoms with E-state index < -0.39 is 15.9 Å². The van der Waals surface area contributed by atoms with Crippen molar-refractivity contribution in [2.75, 3.05) is 32.6 Å². The topological polar surface area (TPSA) is 84.9 Å². The van der Waals surface area contributed by atoms with Crippen molar-refractivity contribution in [2.24, 2.45) is 5.92 Å². The smallest absolute Gasteiger partial charge is 0.243 e. The molecule has 0 saturated carbocycles. The van der Waals surface area contributed by atoms with Gasteiger partial charge >= 0.3 is 0 Å². The number of carbonyl (C=O) groups is 1. The summed E-state index contributed by atoms with van der Waals surface area (Å²) in [5, 5.41) is 2.91. The van der Waals surface area contributed by atoms with Gasteiger partial charge in [0.2, 0.25) is 15.9 Å². The van der Waals surface area contributed by atoms with Crippen LogP contribution in [-0.4, -0.2) is 45.9 Å². The average Bonchev–Trinajstić information content (AvgIpc) is 2.79. The van der Waals surface area contributed by atoms with E-state index in [4.69, 9.17) is 9.47 Å². The zero-order valence-electron chi connectivity index (χ0n) is 17.6. The fourth-order valence-corrected chi connectivity index (χ4v) is 5.11.